The smallest absolute Gasteiger partial charge is 0.283 e. The first-order chi connectivity index (χ1) is 5.65. The minimum absolute atomic E-state index is 0.352. The summed E-state index contributed by atoms with van der Waals surface area (Å²) in [5, 5.41) is 20.6. The average molecular weight is 174 g/mol. The van der Waals surface area contributed by atoms with Crippen LogP contribution in [0.15, 0.2) is 23.5 Å². The molecule has 0 aliphatic carbocycles. The van der Waals surface area contributed by atoms with Crippen LogP contribution in [0.3, 0.4) is 0 Å². The van der Waals surface area contributed by atoms with Crippen molar-refractivity contribution in [2.45, 2.75) is 0 Å². The van der Waals surface area contributed by atoms with E-state index < -0.39 is 17.3 Å². The second-order valence-corrected chi connectivity index (χ2v) is 1.96. The molecule has 0 saturated carbocycles. The standard InChI is InChI=1S/C6H4F2N2O2/c7-4-1-2-6(5(8)3-4)10(12)9-11/h1-3,11H. The van der Waals surface area contributed by atoms with Gasteiger partial charge in [-0.15, -0.1) is 0 Å². The Morgan fingerprint density at radius 2 is 2.08 bits per heavy atom. The molecular formula is C6H4F2N2O2. The molecule has 1 aromatic rings. The monoisotopic (exact) mass is 174 g/mol. The van der Waals surface area contributed by atoms with Gasteiger partial charge in [0, 0.05) is 12.1 Å². The van der Waals surface area contributed by atoms with E-state index in [1.54, 1.807) is 0 Å². The van der Waals surface area contributed by atoms with E-state index in [1.807, 2.05) is 0 Å². The van der Waals surface area contributed by atoms with Crippen molar-refractivity contribution in [1.82, 2.24) is 0 Å². The number of halogens is 2. The van der Waals surface area contributed by atoms with Gasteiger partial charge in [-0.05, 0) is 10.9 Å². The Labute approximate surface area is 65.9 Å². The lowest BCUT2D eigenvalue weighted by Crippen LogP contribution is -1.94. The summed E-state index contributed by atoms with van der Waals surface area (Å²) >= 11 is 0. The van der Waals surface area contributed by atoms with Gasteiger partial charge >= 0.3 is 0 Å². The summed E-state index contributed by atoms with van der Waals surface area (Å²) in [6, 6.07) is 2.28. The highest BCUT2D eigenvalue weighted by molar-refractivity contribution is 5.31. The highest BCUT2D eigenvalue weighted by Crippen LogP contribution is 2.17. The van der Waals surface area contributed by atoms with Gasteiger partial charge in [0.15, 0.2) is 0 Å². The first-order valence-electron chi connectivity index (χ1n) is 2.92. The summed E-state index contributed by atoms with van der Waals surface area (Å²) < 4.78 is 24.9. The van der Waals surface area contributed by atoms with Gasteiger partial charge in [0.2, 0.25) is 11.1 Å². The molecule has 1 aromatic carbocycles. The van der Waals surface area contributed by atoms with Crippen LogP contribution in [0.1, 0.15) is 0 Å². The Bertz CT molecular complexity index is 327. The summed E-state index contributed by atoms with van der Waals surface area (Å²) in [5.41, 5.74) is -0.543. The lowest BCUT2D eigenvalue weighted by molar-refractivity contribution is -0.476. The predicted molar refractivity (Wildman–Crippen MR) is 33.9 cm³/mol. The number of hydrogen-bond donors (Lipinski definition) is 1. The zero-order chi connectivity index (χ0) is 9.14. The molecule has 0 aliphatic rings. The zero-order valence-corrected chi connectivity index (χ0v) is 5.74. The van der Waals surface area contributed by atoms with Crippen molar-refractivity contribution in [3.8, 4) is 0 Å². The van der Waals surface area contributed by atoms with Gasteiger partial charge in [0.05, 0.1) is 0 Å². The molecule has 4 nitrogen and oxygen atoms in total. The first kappa shape index (κ1) is 8.38. The maximum Gasteiger partial charge on any atom is 0.283 e. The van der Waals surface area contributed by atoms with E-state index in [0.717, 1.165) is 12.1 Å². The van der Waals surface area contributed by atoms with Gasteiger partial charge in [0.1, 0.15) is 5.82 Å². The van der Waals surface area contributed by atoms with Crippen LogP contribution in [-0.4, -0.2) is 10.1 Å². The molecule has 0 radical (unpaired) electrons. The van der Waals surface area contributed by atoms with E-state index in [0.29, 0.717) is 6.07 Å². The fraction of sp³-hybridized carbons (Fsp3) is 0. The van der Waals surface area contributed by atoms with Crippen molar-refractivity contribution in [3.05, 3.63) is 35.0 Å². The number of nitrogens with zero attached hydrogens (tertiary/aromatic N) is 2. The van der Waals surface area contributed by atoms with Gasteiger partial charge in [-0.25, -0.2) is 4.39 Å². The van der Waals surface area contributed by atoms with Crippen LogP contribution in [-0.2, 0) is 0 Å². The maximum atomic E-state index is 12.6. The van der Waals surface area contributed by atoms with E-state index in [-0.39, 0.29) is 4.86 Å². The van der Waals surface area contributed by atoms with Crippen molar-refractivity contribution in [3.63, 3.8) is 0 Å². The van der Waals surface area contributed by atoms with Crippen molar-refractivity contribution in [1.29, 1.82) is 0 Å². The third kappa shape index (κ3) is 1.47. The van der Waals surface area contributed by atoms with Crippen LogP contribution < -0.4 is 0 Å². The van der Waals surface area contributed by atoms with Gasteiger partial charge in [0.25, 0.3) is 5.69 Å². The minimum Gasteiger partial charge on any atom is -0.592 e. The number of benzene rings is 1. The number of rotatable bonds is 1. The third-order valence-corrected chi connectivity index (χ3v) is 1.20. The molecule has 0 atom stereocenters. The highest BCUT2D eigenvalue weighted by atomic mass is 19.1. The second kappa shape index (κ2) is 3.12. The van der Waals surface area contributed by atoms with Gasteiger partial charge in [-0.2, -0.15) is 4.39 Å². The molecule has 0 spiro atoms. The molecule has 0 bridgehead atoms. The summed E-state index contributed by atoms with van der Waals surface area (Å²) in [5.74, 6) is -1.88. The Morgan fingerprint density at radius 3 is 2.58 bits per heavy atom. The van der Waals surface area contributed by atoms with Crippen molar-refractivity contribution < 1.29 is 18.8 Å². The largest absolute Gasteiger partial charge is 0.592 e. The SMILES string of the molecule is [O-][N+](=NO)c1ccc(F)cc1F. The van der Waals surface area contributed by atoms with Crippen LogP contribution in [0.4, 0.5) is 14.5 Å². The third-order valence-electron chi connectivity index (χ3n) is 1.20. The van der Waals surface area contributed by atoms with Crippen LogP contribution >= 0.6 is 0 Å². The lowest BCUT2D eigenvalue weighted by Gasteiger charge is -1.97. The lowest BCUT2D eigenvalue weighted by atomic mass is 10.3. The molecule has 1 N–H and O–H groups in total. The summed E-state index contributed by atoms with van der Waals surface area (Å²) in [6.07, 6.45) is 0. The molecule has 0 heterocycles. The van der Waals surface area contributed by atoms with Gasteiger partial charge in [-0.1, -0.05) is 0 Å². The van der Waals surface area contributed by atoms with E-state index in [4.69, 9.17) is 5.21 Å². The molecule has 0 aliphatic heterocycles. The topological polar surface area (TPSA) is 58.7 Å². The molecule has 0 aromatic heterocycles. The van der Waals surface area contributed by atoms with Crippen LogP contribution in [0.5, 0.6) is 0 Å². The van der Waals surface area contributed by atoms with Crippen LogP contribution in [0.2, 0.25) is 0 Å². The first-order valence-corrected chi connectivity index (χ1v) is 2.92. The Morgan fingerprint density at radius 1 is 1.42 bits per heavy atom. The normalized spacial score (nSPS) is 11.7. The molecule has 0 fully saturated rings. The fourth-order valence-corrected chi connectivity index (χ4v) is 0.685. The van der Waals surface area contributed by atoms with Crippen LogP contribution in [0.25, 0.3) is 0 Å². The molecular weight excluding hydrogens is 170 g/mol. The maximum absolute atomic E-state index is 12.6. The summed E-state index contributed by atoms with van der Waals surface area (Å²) in [7, 11) is 0. The summed E-state index contributed by atoms with van der Waals surface area (Å²) in [6.45, 7) is 0. The molecule has 6 heteroatoms. The predicted octanol–water partition coefficient (Wildman–Crippen LogP) is 1.95. The van der Waals surface area contributed by atoms with Crippen molar-refractivity contribution in [2.24, 2.45) is 5.28 Å². The van der Waals surface area contributed by atoms with E-state index in [2.05, 4.69) is 5.28 Å². The van der Waals surface area contributed by atoms with Crippen molar-refractivity contribution in [2.75, 3.05) is 0 Å². The van der Waals surface area contributed by atoms with Gasteiger partial charge < -0.3 is 10.4 Å². The molecule has 0 unspecified atom stereocenters. The fourth-order valence-electron chi connectivity index (χ4n) is 0.685. The molecule has 64 valence electrons. The molecule has 0 amide bonds. The molecule has 1 rings (SSSR count). The Kier molecular flexibility index (Phi) is 2.18. The zero-order valence-electron chi connectivity index (χ0n) is 5.74. The number of hydrogen-bond acceptors (Lipinski definition) is 2. The second-order valence-electron chi connectivity index (χ2n) is 1.96. The Hall–Kier alpha value is -1.72. The van der Waals surface area contributed by atoms with Gasteiger partial charge in [-0.3, -0.25) is 0 Å². The molecule has 0 saturated heterocycles. The highest BCUT2D eigenvalue weighted by Gasteiger charge is 2.12. The van der Waals surface area contributed by atoms with E-state index >= 15 is 0 Å². The quantitative estimate of drug-likeness (QED) is 0.401. The van der Waals surface area contributed by atoms with Crippen LogP contribution in [0, 0.1) is 16.8 Å². The Balaban J connectivity index is 3.18. The summed E-state index contributed by atoms with van der Waals surface area (Å²) in [4.78, 5) is -0.352. The van der Waals surface area contributed by atoms with Crippen molar-refractivity contribution >= 4 is 5.69 Å². The average Bonchev–Trinajstić information content (AvgIpc) is 2.03. The molecule has 12 heavy (non-hydrogen) atoms. The van der Waals surface area contributed by atoms with E-state index in [1.165, 1.54) is 0 Å². The van der Waals surface area contributed by atoms with E-state index in [9.17, 15) is 14.0 Å². The minimum atomic E-state index is -1.08.